The maximum absolute atomic E-state index is 12.9. The number of unbranched alkanes of at least 4 members (excludes halogenated alkanes) is 3. The lowest BCUT2D eigenvalue weighted by atomic mass is 10.2. The molecule has 0 spiro atoms. The molecule has 0 saturated carbocycles. The molecule has 0 heterocycles. The van der Waals surface area contributed by atoms with Gasteiger partial charge in [-0.15, -0.1) is 0 Å². The number of carboxylic acids is 1. The van der Waals surface area contributed by atoms with E-state index in [1.807, 2.05) is 30.3 Å². The zero-order valence-electron chi connectivity index (χ0n) is 16.8. The molecule has 1 aromatic rings. The molecule has 1 unspecified atom stereocenters. The molecule has 0 saturated heterocycles. The molecule has 1 amide bonds. The average Bonchev–Trinajstić information content (AvgIpc) is 2.70. The second-order valence-corrected chi connectivity index (χ2v) is 10.8. The van der Waals surface area contributed by atoms with Crippen molar-refractivity contribution in [3.63, 3.8) is 0 Å². The first-order valence-electron chi connectivity index (χ1n) is 9.39. The van der Waals surface area contributed by atoms with E-state index in [-0.39, 0.29) is 11.7 Å². The van der Waals surface area contributed by atoms with Gasteiger partial charge in [0.05, 0.1) is 0 Å². The van der Waals surface area contributed by atoms with Crippen molar-refractivity contribution in [2.75, 3.05) is 25.6 Å². The van der Waals surface area contributed by atoms with Crippen LogP contribution < -0.4 is 15.9 Å². The van der Waals surface area contributed by atoms with Gasteiger partial charge in [-0.25, -0.2) is 4.79 Å². The highest BCUT2D eigenvalue weighted by atomic mass is 32.2. The number of nitrogens with one attached hydrogen (secondary N) is 2. The molecule has 0 bridgehead atoms. The molecule has 0 aliphatic carbocycles. The third-order valence-corrected chi connectivity index (χ3v) is 8.13. The minimum absolute atomic E-state index is 0.173. The summed E-state index contributed by atoms with van der Waals surface area (Å²) < 4.78 is 18.7. The molecule has 0 radical (unpaired) electrons. The number of carbonyl (C=O) groups excluding carboxylic acids is 1. The number of hydrogen-bond donors (Lipinski definition) is 3. The van der Waals surface area contributed by atoms with Crippen molar-refractivity contribution >= 4 is 52.9 Å². The van der Waals surface area contributed by atoms with Crippen LogP contribution in [-0.4, -0.2) is 52.9 Å². The Morgan fingerprint density at radius 1 is 1.21 bits per heavy atom. The van der Waals surface area contributed by atoms with Gasteiger partial charge < -0.3 is 20.3 Å². The van der Waals surface area contributed by atoms with Gasteiger partial charge >= 0.3 is 5.97 Å². The van der Waals surface area contributed by atoms with Crippen LogP contribution in [0, 0.1) is 0 Å². The maximum Gasteiger partial charge on any atom is 0.327 e. The molecule has 10 heteroatoms. The molecule has 0 aliphatic rings. The number of carboxylic acid groups (broad SMARTS) is 1. The van der Waals surface area contributed by atoms with E-state index in [1.54, 1.807) is 0 Å². The predicted molar refractivity (Wildman–Crippen MR) is 122 cm³/mol. The number of amides is 1. The Morgan fingerprint density at radius 3 is 2.45 bits per heavy atom. The summed E-state index contributed by atoms with van der Waals surface area (Å²) in [4.78, 5) is 22.1. The second-order valence-electron chi connectivity index (χ2n) is 6.45. The molecule has 29 heavy (non-hydrogen) atoms. The van der Waals surface area contributed by atoms with Crippen LogP contribution in [0.25, 0.3) is 0 Å². The van der Waals surface area contributed by atoms with Crippen molar-refractivity contribution in [1.82, 2.24) is 10.6 Å². The number of thioether (sulfide) groups is 1. The summed E-state index contributed by atoms with van der Waals surface area (Å²) in [5.74, 6) is -1.30. The van der Waals surface area contributed by atoms with E-state index in [1.165, 1.54) is 25.8 Å². The third kappa shape index (κ3) is 10.3. The van der Waals surface area contributed by atoms with E-state index in [4.69, 9.17) is 21.8 Å². The first-order chi connectivity index (χ1) is 13.8. The van der Waals surface area contributed by atoms with E-state index >= 15 is 0 Å². The lowest BCUT2D eigenvalue weighted by molar-refractivity contribution is -0.140. The molecule has 1 aromatic carbocycles. The van der Waals surface area contributed by atoms with E-state index in [9.17, 15) is 14.2 Å². The molecule has 0 aliphatic heterocycles. The quantitative estimate of drug-likeness (QED) is 0.234. The lowest BCUT2D eigenvalue weighted by Crippen LogP contribution is -2.42. The number of hydrogen-bond acceptors (Lipinski definition) is 6. The van der Waals surface area contributed by atoms with Crippen molar-refractivity contribution in [3.8, 4) is 0 Å². The monoisotopic (exact) mass is 460 g/mol. The van der Waals surface area contributed by atoms with Crippen molar-refractivity contribution in [3.05, 3.63) is 30.3 Å². The van der Waals surface area contributed by atoms with Crippen LogP contribution in [0.15, 0.2) is 30.3 Å². The number of aliphatic carboxylic acids is 1. The van der Waals surface area contributed by atoms with Crippen LogP contribution in [0.3, 0.4) is 0 Å². The standard InChI is InChI=1S/C19H29N2O5PS2/c1-15(22)21-17(18(23)24)14-29-19(28)20-12-8-3-4-9-13-27(25,26-2)16-10-6-5-7-11-16/h5-7,10-11,17H,3-4,8-9,12-14H2,1-2H3,(H,20,28)(H,21,22)(H,23,24)/t17-,27?/m0/s1. The molecule has 7 nitrogen and oxygen atoms in total. The summed E-state index contributed by atoms with van der Waals surface area (Å²) in [6.07, 6.45) is 4.14. The van der Waals surface area contributed by atoms with Gasteiger partial charge in [-0.2, -0.15) is 0 Å². The maximum atomic E-state index is 12.9. The van der Waals surface area contributed by atoms with Crippen LogP contribution in [0.4, 0.5) is 0 Å². The summed E-state index contributed by atoms with van der Waals surface area (Å²) in [7, 11) is -1.28. The first-order valence-corrected chi connectivity index (χ1v) is 12.6. The van der Waals surface area contributed by atoms with E-state index in [0.29, 0.717) is 17.0 Å². The molecule has 162 valence electrons. The summed E-state index contributed by atoms with van der Waals surface area (Å²) in [5.41, 5.74) is 0. The van der Waals surface area contributed by atoms with Crippen LogP contribution >= 0.6 is 31.3 Å². The minimum atomic E-state index is -2.78. The van der Waals surface area contributed by atoms with Crippen LogP contribution in [0.1, 0.15) is 32.6 Å². The first kappa shape index (κ1) is 25.6. The summed E-state index contributed by atoms with van der Waals surface area (Å²) in [5, 5.41) is 15.3. The third-order valence-electron chi connectivity index (χ3n) is 4.15. The minimum Gasteiger partial charge on any atom is -0.480 e. The molecule has 2 atom stereocenters. The SMILES string of the molecule is COP(=O)(CCCCCCNC(=S)SC[C@H](NC(C)=O)C(=O)O)c1ccccc1. The van der Waals surface area contributed by atoms with Crippen molar-refractivity contribution < 1.29 is 23.8 Å². The Balaban J connectivity index is 2.19. The van der Waals surface area contributed by atoms with Crippen LogP contribution in [0.5, 0.6) is 0 Å². The molecule has 0 fully saturated rings. The Hall–Kier alpha value is -1.41. The largest absolute Gasteiger partial charge is 0.480 e. The second kappa shape index (κ2) is 13.7. The predicted octanol–water partition coefficient (Wildman–Crippen LogP) is 2.99. The molecule has 3 N–H and O–H groups in total. The summed E-state index contributed by atoms with van der Waals surface area (Å²) >= 11 is 6.38. The van der Waals surface area contributed by atoms with Crippen LogP contribution in [-0.2, 0) is 18.7 Å². The van der Waals surface area contributed by atoms with Gasteiger partial charge in [-0.1, -0.05) is 55.0 Å². The number of carbonyl (C=O) groups is 2. The highest BCUT2D eigenvalue weighted by Crippen LogP contribution is 2.45. The molecular weight excluding hydrogens is 431 g/mol. The van der Waals surface area contributed by atoms with Crippen molar-refractivity contribution in [2.45, 2.75) is 38.6 Å². The normalized spacial score (nSPS) is 13.9. The zero-order chi connectivity index (χ0) is 21.7. The zero-order valence-corrected chi connectivity index (χ0v) is 19.3. The number of rotatable bonds is 13. The van der Waals surface area contributed by atoms with Gasteiger partial charge in [0.25, 0.3) is 0 Å². The van der Waals surface area contributed by atoms with Crippen molar-refractivity contribution in [1.29, 1.82) is 0 Å². The molecule has 0 aromatic heterocycles. The highest BCUT2D eigenvalue weighted by Gasteiger charge is 2.23. The fraction of sp³-hybridized carbons (Fsp3) is 0.526. The van der Waals surface area contributed by atoms with E-state index in [0.717, 1.165) is 31.0 Å². The van der Waals surface area contributed by atoms with Gasteiger partial charge in [0, 0.05) is 37.8 Å². The van der Waals surface area contributed by atoms with Gasteiger partial charge in [0.15, 0.2) is 0 Å². The van der Waals surface area contributed by atoms with Crippen LogP contribution in [0.2, 0.25) is 0 Å². The molecular formula is C19H29N2O5PS2. The van der Waals surface area contributed by atoms with Crippen molar-refractivity contribution in [2.24, 2.45) is 0 Å². The highest BCUT2D eigenvalue weighted by molar-refractivity contribution is 8.23. The Labute approximate surface area is 181 Å². The van der Waals surface area contributed by atoms with Gasteiger partial charge in [0.2, 0.25) is 13.3 Å². The van der Waals surface area contributed by atoms with Gasteiger partial charge in [0.1, 0.15) is 10.4 Å². The lowest BCUT2D eigenvalue weighted by Gasteiger charge is -2.16. The van der Waals surface area contributed by atoms with Gasteiger partial charge in [-0.3, -0.25) is 9.36 Å². The number of thiocarbonyl (C=S) groups is 1. The fourth-order valence-corrected chi connectivity index (χ4v) is 5.57. The Kier molecular flexibility index (Phi) is 12.1. The average molecular weight is 461 g/mol. The van der Waals surface area contributed by atoms with Gasteiger partial charge in [-0.05, 0) is 25.0 Å². The van der Waals surface area contributed by atoms with E-state index in [2.05, 4.69) is 10.6 Å². The Morgan fingerprint density at radius 2 is 1.86 bits per heavy atom. The molecule has 1 rings (SSSR count). The Bertz CT molecular complexity index is 718. The smallest absolute Gasteiger partial charge is 0.327 e. The van der Waals surface area contributed by atoms with E-state index < -0.39 is 19.4 Å². The summed E-state index contributed by atoms with van der Waals surface area (Å²) in [6, 6.07) is 8.34. The number of benzene rings is 1. The summed E-state index contributed by atoms with van der Waals surface area (Å²) in [6.45, 7) is 1.97. The topological polar surface area (TPSA) is 105 Å². The fourth-order valence-electron chi connectivity index (χ4n) is 2.60.